The van der Waals surface area contributed by atoms with Crippen molar-refractivity contribution in [1.82, 2.24) is 10.2 Å². The molecule has 2 rings (SSSR count). The molecule has 1 aromatic carbocycles. The van der Waals surface area contributed by atoms with E-state index in [0.29, 0.717) is 18.2 Å². The minimum Gasteiger partial charge on any atom is -0.343 e. The third-order valence-corrected chi connectivity index (χ3v) is 5.21. The molecule has 23 heavy (non-hydrogen) atoms. The predicted octanol–water partition coefficient (Wildman–Crippen LogP) is 3.59. The van der Waals surface area contributed by atoms with E-state index in [1.807, 2.05) is 7.05 Å². The molecule has 0 radical (unpaired) electrons. The van der Waals surface area contributed by atoms with Crippen LogP contribution in [-0.4, -0.2) is 37.5 Å². The van der Waals surface area contributed by atoms with Crippen molar-refractivity contribution < 1.29 is 4.79 Å². The zero-order valence-electron chi connectivity index (χ0n) is 15.0. The number of carbonyl (C=O) groups excluding carboxylic acids is 1. The van der Waals surface area contributed by atoms with Gasteiger partial charge in [0.2, 0.25) is 5.91 Å². The molecule has 1 aliphatic rings. The van der Waals surface area contributed by atoms with Gasteiger partial charge in [0.25, 0.3) is 0 Å². The Balaban J connectivity index is 1.79. The van der Waals surface area contributed by atoms with Gasteiger partial charge in [-0.3, -0.25) is 4.79 Å². The summed E-state index contributed by atoms with van der Waals surface area (Å²) in [5.74, 6) is 1.41. The van der Waals surface area contributed by atoms with E-state index in [4.69, 9.17) is 0 Å². The lowest BCUT2D eigenvalue weighted by Gasteiger charge is -2.32. The molecular formula is C20H32N2O. The highest BCUT2D eigenvalue weighted by molar-refractivity contribution is 5.77. The molecule has 1 amide bonds. The smallest absolute Gasteiger partial charge is 0.223 e. The Hall–Kier alpha value is -1.35. The summed E-state index contributed by atoms with van der Waals surface area (Å²) < 4.78 is 0. The quantitative estimate of drug-likeness (QED) is 0.834. The number of likely N-dealkylation sites (tertiary alicyclic amines) is 1. The number of aryl methyl sites for hydroxylation is 1. The fraction of sp³-hybridized carbons (Fsp3) is 0.650. The predicted molar refractivity (Wildman–Crippen MR) is 96.7 cm³/mol. The lowest BCUT2D eigenvalue weighted by molar-refractivity contribution is -0.132. The van der Waals surface area contributed by atoms with E-state index in [-0.39, 0.29) is 0 Å². The van der Waals surface area contributed by atoms with Crippen molar-refractivity contribution in [2.24, 2.45) is 5.92 Å². The van der Waals surface area contributed by atoms with Gasteiger partial charge in [0.15, 0.2) is 0 Å². The number of hydrogen-bond acceptors (Lipinski definition) is 2. The third kappa shape index (κ3) is 5.35. The summed E-state index contributed by atoms with van der Waals surface area (Å²) >= 11 is 0. The van der Waals surface area contributed by atoms with Crippen LogP contribution in [0.15, 0.2) is 24.3 Å². The highest BCUT2D eigenvalue weighted by Crippen LogP contribution is 2.24. The molecule has 1 saturated heterocycles. The molecule has 1 heterocycles. The highest BCUT2D eigenvalue weighted by atomic mass is 16.2. The Morgan fingerprint density at radius 3 is 2.48 bits per heavy atom. The first-order chi connectivity index (χ1) is 11.1. The zero-order valence-corrected chi connectivity index (χ0v) is 15.0. The second-order valence-corrected chi connectivity index (χ2v) is 6.92. The molecule has 0 spiro atoms. The van der Waals surface area contributed by atoms with Gasteiger partial charge in [-0.1, -0.05) is 38.1 Å². The van der Waals surface area contributed by atoms with Crippen LogP contribution in [-0.2, 0) is 11.2 Å². The van der Waals surface area contributed by atoms with E-state index in [1.54, 1.807) is 0 Å². The largest absolute Gasteiger partial charge is 0.343 e. The van der Waals surface area contributed by atoms with Gasteiger partial charge in [-0.25, -0.2) is 0 Å². The van der Waals surface area contributed by atoms with Crippen molar-refractivity contribution in [2.45, 2.75) is 51.9 Å². The summed E-state index contributed by atoms with van der Waals surface area (Å²) in [7, 11) is 2.01. The molecule has 1 N–H and O–H groups in total. The van der Waals surface area contributed by atoms with Gasteiger partial charge in [-0.05, 0) is 62.2 Å². The summed E-state index contributed by atoms with van der Waals surface area (Å²) in [5.41, 5.74) is 2.63. The monoisotopic (exact) mass is 316 g/mol. The summed E-state index contributed by atoms with van der Waals surface area (Å²) in [4.78, 5) is 14.6. The molecule has 1 fully saturated rings. The van der Waals surface area contributed by atoms with Gasteiger partial charge in [-0.15, -0.1) is 0 Å². The highest BCUT2D eigenvalue weighted by Gasteiger charge is 2.23. The maximum Gasteiger partial charge on any atom is 0.223 e. The molecule has 3 nitrogen and oxygen atoms in total. The lowest BCUT2D eigenvalue weighted by atomic mass is 9.92. The fourth-order valence-corrected chi connectivity index (χ4v) is 3.41. The van der Waals surface area contributed by atoms with Crippen LogP contribution in [0.25, 0.3) is 0 Å². The molecular weight excluding hydrogens is 284 g/mol. The molecule has 1 atom stereocenters. The minimum atomic E-state index is 0.301. The van der Waals surface area contributed by atoms with Crippen LogP contribution in [0.1, 0.15) is 56.6 Å². The fourth-order valence-electron chi connectivity index (χ4n) is 3.41. The molecule has 128 valence electrons. The average Bonchev–Trinajstić information content (AvgIpc) is 2.60. The maximum absolute atomic E-state index is 12.5. The van der Waals surface area contributed by atoms with E-state index < -0.39 is 0 Å². The summed E-state index contributed by atoms with van der Waals surface area (Å²) in [6, 6.07) is 8.73. The standard InChI is InChI=1S/C20H32N2O/c1-4-17-5-7-19(8-6-17)16(2)15-20(23)22-13-10-18(11-14-22)9-12-21-3/h5-8,16,18,21H,4,9-15H2,1-3H3. The first kappa shape index (κ1) is 18.0. The van der Waals surface area contributed by atoms with Crippen LogP contribution in [0.4, 0.5) is 0 Å². The average molecular weight is 316 g/mol. The number of hydrogen-bond donors (Lipinski definition) is 1. The molecule has 0 aromatic heterocycles. The lowest BCUT2D eigenvalue weighted by Crippen LogP contribution is -2.39. The Labute approximate surface area is 141 Å². The number of carbonyl (C=O) groups is 1. The first-order valence-electron chi connectivity index (χ1n) is 9.15. The Morgan fingerprint density at radius 1 is 1.26 bits per heavy atom. The summed E-state index contributed by atoms with van der Waals surface area (Å²) in [6.07, 6.45) is 5.25. The Kier molecular flexibility index (Phi) is 7.10. The van der Waals surface area contributed by atoms with Crippen LogP contribution in [0.5, 0.6) is 0 Å². The van der Waals surface area contributed by atoms with Crippen LogP contribution in [0, 0.1) is 5.92 Å². The molecule has 0 saturated carbocycles. The number of piperidine rings is 1. The second kappa shape index (κ2) is 9.07. The second-order valence-electron chi connectivity index (χ2n) is 6.92. The van der Waals surface area contributed by atoms with Crippen molar-refractivity contribution in [3.63, 3.8) is 0 Å². The van der Waals surface area contributed by atoms with Crippen LogP contribution < -0.4 is 5.32 Å². The topological polar surface area (TPSA) is 32.3 Å². The summed E-state index contributed by atoms with van der Waals surface area (Å²) in [6.45, 7) is 7.30. The Morgan fingerprint density at radius 2 is 1.91 bits per heavy atom. The molecule has 1 unspecified atom stereocenters. The van der Waals surface area contributed by atoms with E-state index in [2.05, 4.69) is 48.3 Å². The van der Waals surface area contributed by atoms with Crippen LogP contribution >= 0.6 is 0 Å². The van der Waals surface area contributed by atoms with Crippen molar-refractivity contribution in [1.29, 1.82) is 0 Å². The number of nitrogens with zero attached hydrogens (tertiary/aromatic N) is 1. The van der Waals surface area contributed by atoms with E-state index in [9.17, 15) is 4.79 Å². The van der Waals surface area contributed by atoms with Crippen molar-refractivity contribution in [3.05, 3.63) is 35.4 Å². The number of rotatable bonds is 7. The van der Waals surface area contributed by atoms with Crippen LogP contribution in [0.3, 0.4) is 0 Å². The van der Waals surface area contributed by atoms with Gasteiger partial charge >= 0.3 is 0 Å². The molecule has 1 aromatic rings. The number of benzene rings is 1. The molecule has 0 aliphatic carbocycles. The normalized spacial score (nSPS) is 17.3. The molecule has 0 bridgehead atoms. The number of nitrogens with one attached hydrogen (secondary N) is 1. The van der Waals surface area contributed by atoms with Crippen LogP contribution in [0.2, 0.25) is 0 Å². The first-order valence-corrected chi connectivity index (χ1v) is 9.15. The maximum atomic E-state index is 12.5. The van der Waals surface area contributed by atoms with Gasteiger partial charge in [0.05, 0.1) is 0 Å². The van der Waals surface area contributed by atoms with E-state index in [1.165, 1.54) is 17.5 Å². The summed E-state index contributed by atoms with van der Waals surface area (Å²) in [5, 5.41) is 3.22. The van der Waals surface area contributed by atoms with Gasteiger partial charge < -0.3 is 10.2 Å². The molecule has 1 aliphatic heterocycles. The van der Waals surface area contributed by atoms with E-state index >= 15 is 0 Å². The molecule has 3 heteroatoms. The van der Waals surface area contributed by atoms with Gasteiger partial charge in [-0.2, -0.15) is 0 Å². The van der Waals surface area contributed by atoms with Gasteiger partial charge in [0.1, 0.15) is 0 Å². The number of amides is 1. The SMILES string of the molecule is CCc1ccc(C(C)CC(=O)N2CCC(CCNC)CC2)cc1. The Bertz CT molecular complexity index is 475. The van der Waals surface area contributed by atoms with Crippen molar-refractivity contribution in [3.8, 4) is 0 Å². The van der Waals surface area contributed by atoms with Crippen molar-refractivity contribution in [2.75, 3.05) is 26.7 Å². The van der Waals surface area contributed by atoms with Crippen molar-refractivity contribution >= 4 is 5.91 Å². The minimum absolute atomic E-state index is 0.301. The zero-order chi connectivity index (χ0) is 16.7. The van der Waals surface area contributed by atoms with Gasteiger partial charge in [0, 0.05) is 19.5 Å². The van der Waals surface area contributed by atoms with E-state index in [0.717, 1.165) is 44.8 Å². The third-order valence-electron chi connectivity index (χ3n) is 5.21.